The Labute approximate surface area is 219 Å². The zero-order valence-corrected chi connectivity index (χ0v) is 21.3. The van der Waals surface area contributed by atoms with E-state index in [9.17, 15) is 9.59 Å². The molecule has 0 radical (unpaired) electrons. The van der Waals surface area contributed by atoms with Gasteiger partial charge in [0.05, 0.1) is 0 Å². The number of thiazole rings is 1. The molecule has 0 saturated carbocycles. The smallest absolute Gasteiger partial charge is 0.356 e. The van der Waals surface area contributed by atoms with Gasteiger partial charge in [0.25, 0.3) is 0 Å². The summed E-state index contributed by atoms with van der Waals surface area (Å²) >= 11 is 4.38. The molecule has 0 aliphatic carbocycles. The number of nitrogens with zero attached hydrogens (tertiary/aromatic N) is 3. The summed E-state index contributed by atoms with van der Waals surface area (Å²) in [6, 6.07) is 22.3. The van der Waals surface area contributed by atoms with E-state index in [4.69, 9.17) is 10.5 Å². The van der Waals surface area contributed by atoms with Crippen LogP contribution in [0.4, 0.5) is 0 Å². The zero-order chi connectivity index (χ0) is 24.6. The standard InChI is InChI=1S/C26H20N4O3S3/c27-19-23(31)30-20(18(14-34-24(19)30)35-26-29-17-12-7-13-28-22(17)36-26)25(32)33-21(15-8-3-1-4-9-15)16-10-5-2-6-11-16/h1-13,19,21,24H,14,27H2/t19?,24-/m1/s1. The number of β-lactam (4-membered cyclic amide) rings is 1. The summed E-state index contributed by atoms with van der Waals surface area (Å²) in [5.74, 6) is -0.304. The highest BCUT2D eigenvalue weighted by molar-refractivity contribution is 8.07. The fourth-order valence-corrected chi connectivity index (χ4v) is 7.76. The summed E-state index contributed by atoms with van der Waals surface area (Å²) in [4.78, 5) is 38.6. The van der Waals surface area contributed by atoms with Crippen LogP contribution >= 0.6 is 34.9 Å². The molecule has 1 fully saturated rings. The van der Waals surface area contributed by atoms with Crippen LogP contribution in [0.3, 0.4) is 0 Å². The van der Waals surface area contributed by atoms with Crippen molar-refractivity contribution in [2.45, 2.75) is 21.9 Å². The van der Waals surface area contributed by atoms with Crippen molar-refractivity contribution in [3.05, 3.63) is 101 Å². The van der Waals surface area contributed by atoms with E-state index in [-0.39, 0.29) is 17.0 Å². The average molecular weight is 533 g/mol. The summed E-state index contributed by atoms with van der Waals surface area (Å²) in [7, 11) is 0. The number of hydrogen-bond acceptors (Lipinski definition) is 9. The molecule has 2 atom stereocenters. The number of aromatic nitrogens is 2. The number of rotatable bonds is 6. The molecule has 4 heterocycles. The topological polar surface area (TPSA) is 98.4 Å². The maximum absolute atomic E-state index is 13.8. The van der Waals surface area contributed by atoms with Crippen molar-refractivity contribution in [1.82, 2.24) is 14.9 Å². The van der Waals surface area contributed by atoms with E-state index in [1.54, 1.807) is 18.0 Å². The number of benzene rings is 2. The third-order valence-electron chi connectivity index (χ3n) is 5.95. The average Bonchev–Trinajstić information content (AvgIpc) is 3.34. The molecule has 4 aromatic rings. The lowest BCUT2D eigenvalue weighted by Crippen LogP contribution is -2.68. The summed E-state index contributed by atoms with van der Waals surface area (Å²) in [6.07, 6.45) is 1.11. The van der Waals surface area contributed by atoms with E-state index < -0.39 is 18.1 Å². The van der Waals surface area contributed by atoms with Gasteiger partial charge in [-0.1, -0.05) is 83.8 Å². The highest BCUT2D eigenvalue weighted by Crippen LogP contribution is 2.46. The first-order valence-corrected chi connectivity index (χ1v) is 13.9. The van der Waals surface area contributed by atoms with E-state index in [2.05, 4.69) is 9.97 Å². The number of carbonyl (C=O) groups is 2. The first kappa shape index (κ1) is 23.2. The van der Waals surface area contributed by atoms with Crippen LogP contribution in [-0.4, -0.2) is 43.9 Å². The Balaban J connectivity index is 1.38. The summed E-state index contributed by atoms with van der Waals surface area (Å²) < 4.78 is 6.89. The summed E-state index contributed by atoms with van der Waals surface area (Å²) in [5, 5.41) is -0.284. The molecule has 1 saturated heterocycles. The van der Waals surface area contributed by atoms with E-state index in [0.717, 1.165) is 30.7 Å². The third kappa shape index (κ3) is 4.20. The molecular weight excluding hydrogens is 513 g/mol. The normalized spacial score (nSPS) is 19.4. The van der Waals surface area contributed by atoms with Crippen molar-refractivity contribution >= 4 is 57.1 Å². The van der Waals surface area contributed by atoms with E-state index in [1.807, 2.05) is 72.8 Å². The van der Waals surface area contributed by atoms with Gasteiger partial charge in [0, 0.05) is 16.9 Å². The van der Waals surface area contributed by atoms with Gasteiger partial charge in [-0.15, -0.1) is 11.8 Å². The minimum Gasteiger partial charge on any atom is -0.448 e. The van der Waals surface area contributed by atoms with Gasteiger partial charge in [-0.05, 0) is 23.3 Å². The Morgan fingerprint density at radius 1 is 1.06 bits per heavy atom. The first-order valence-electron chi connectivity index (χ1n) is 11.2. The second-order valence-electron chi connectivity index (χ2n) is 8.22. The van der Waals surface area contributed by atoms with E-state index in [0.29, 0.717) is 5.75 Å². The quantitative estimate of drug-likeness (QED) is 0.285. The molecule has 7 nitrogen and oxygen atoms in total. The molecule has 2 N–H and O–H groups in total. The van der Waals surface area contributed by atoms with Crippen LogP contribution in [0.25, 0.3) is 10.3 Å². The van der Waals surface area contributed by atoms with Gasteiger partial charge in [-0.3, -0.25) is 9.69 Å². The van der Waals surface area contributed by atoms with Crippen molar-refractivity contribution < 1.29 is 14.3 Å². The number of esters is 1. The van der Waals surface area contributed by atoms with Crippen LogP contribution in [0.1, 0.15) is 17.2 Å². The highest BCUT2D eigenvalue weighted by Gasteiger charge is 2.52. The largest absolute Gasteiger partial charge is 0.448 e. The number of fused-ring (bicyclic) bond motifs is 2. The monoisotopic (exact) mass is 532 g/mol. The van der Waals surface area contributed by atoms with Crippen molar-refractivity contribution in [1.29, 1.82) is 0 Å². The van der Waals surface area contributed by atoms with Crippen LogP contribution in [0.5, 0.6) is 0 Å². The molecule has 10 heteroatoms. The van der Waals surface area contributed by atoms with Crippen LogP contribution < -0.4 is 5.73 Å². The number of nitrogens with two attached hydrogens (primary N) is 1. The molecule has 1 amide bonds. The Morgan fingerprint density at radius 3 is 2.42 bits per heavy atom. The van der Waals surface area contributed by atoms with Gasteiger partial charge in [0.15, 0.2) is 10.4 Å². The molecule has 2 aliphatic heterocycles. The van der Waals surface area contributed by atoms with Gasteiger partial charge in [0.1, 0.15) is 27.5 Å². The Morgan fingerprint density at radius 2 is 1.75 bits per heavy atom. The van der Waals surface area contributed by atoms with Crippen molar-refractivity contribution in [3.8, 4) is 0 Å². The zero-order valence-electron chi connectivity index (χ0n) is 18.8. The fourth-order valence-electron chi connectivity index (χ4n) is 4.20. The molecule has 0 bridgehead atoms. The first-order chi connectivity index (χ1) is 17.6. The van der Waals surface area contributed by atoms with Gasteiger partial charge in [-0.2, -0.15) is 0 Å². The van der Waals surface area contributed by atoms with Crippen molar-refractivity contribution in [3.63, 3.8) is 0 Å². The molecule has 2 aromatic carbocycles. The maximum Gasteiger partial charge on any atom is 0.356 e. The molecular formula is C26H20N4O3S3. The van der Waals surface area contributed by atoms with E-state index in [1.165, 1.54) is 28.0 Å². The second kappa shape index (κ2) is 9.70. The van der Waals surface area contributed by atoms with E-state index >= 15 is 0 Å². The number of thioether (sulfide) groups is 2. The van der Waals surface area contributed by atoms with Crippen molar-refractivity contribution in [2.24, 2.45) is 5.73 Å². The van der Waals surface area contributed by atoms with Gasteiger partial charge < -0.3 is 10.5 Å². The lowest BCUT2D eigenvalue weighted by molar-refractivity contribution is -0.152. The predicted molar refractivity (Wildman–Crippen MR) is 142 cm³/mol. The highest BCUT2D eigenvalue weighted by atomic mass is 32.2. The third-order valence-corrected chi connectivity index (χ3v) is 9.56. The predicted octanol–water partition coefficient (Wildman–Crippen LogP) is 4.57. The molecule has 36 heavy (non-hydrogen) atoms. The molecule has 1 unspecified atom stereocenters. The van der Waals surface area contributed by atoms with Crippen molar-refractivity contribution in [2.75, 3.05) is 5.75 Å². The number of hydrogen-bond donors (Lipinski definition) is 1. The van der Waals surface area contributed by atoms with Crippen LogP contribution in [0.15, 0.2) is 93.9 Å². The van der Waals surface area contributed by atoms with Gasteiger partial charge >= 0.3 is 5.97 Å². The number of ether oxygens (including phenoxy) is 1. The minimum atomic E-state index is -0.630. The maximum atomic E-state index is 13.8. The molecule has 2 aromatic heterocycles. The number of amides is 1. The Bertz CT molecular complexity index is 1400. The lowest BCUT2D eigenvalue weighted by atomic mass is 10.0. The summed E-state index contributed by atoms with van der Waals surface area (Å²) in [5.41, 5.74) is 8.80. The number of carbonyl (C=O) groups excluding carboxylic acids is 2. The van der Waals surface area contributed by atoms with Crippen LogP contribution in [-0.2, 0) is 14.3 Å². The number of pyridine rings is 1. The lowest BCUT2D eigenvalue weighted by Gasteiger charge is -2.48. The van der Waals surface area contributed by atoms with Gasteiger partial charge in [0.2, 0.25) is 5.91 Å². The SMILES string of the molecule is NC1C(=O)N2C(C(=O)OC(c3ccccc3)c3ccccc3)=C(Sc3nc4cccnc4s3)CS[C@H]12. The van der Waals surface area contributed by atoms with Crippen LogP contribution in [0, 0.1) is 0 Å². The second-order valence-corrected chi connectivity index (χ2v) is 11.6. The fraction of sp³-hybridized carbons (Fsp3) is 0.154. The summed E-state index contributed by atoms with van der Waals surface area (Å²) in [6.45, 7) is 0. The Kier molecular flexibility index (Phi) is 6.26. The molecule has 6 rings (SSSR count). The van der Waals surface area contributed by atoms with Gasteiger partial charge in [-0.25, -0.2) is 14.8 Å². The Hall–Kier alpha value is -3.18. The molecule has 180 valence electrons. The molecule has 2 aliphatic rings. The molecule has 0 spiro atoms. The minimum absolute atomic E-state index is 0.250. The van der Waals surface area contributed by atoms with Crippen LogP contribution in [0.2, 0.25) is 0 Å².